The van der Waals surface area contributed by atoms with Crippen LogP contribution in [-0.2, 0) is 12.8 Å². The third-order valence-corrected chi connectivity index (χ3v) is 5.94. The van der Waals surface area contributed by atoms with Crippen molar-refractivity contribution < 1.29 is 18.3 Å². The summed E-state index contributed by atoms with van der Waals surface area (Å²) in [4.78, 5) is 10.7. The number of nitrogens with zero attached hydrogens (tertiary/aromatic N) is 3. The molecular formula is C25H25F2N3O2. The fraction of sp³-hybridized carbons (Fsp3) is 0.360. The number of hydrogen-bond acceptors (Lipinski definition) is 5. The van der Waals surface area contributed by atoms with E-state index in [0.29, 0.717) is 36.6 Å². The average Bonchev–Trinajstić information content (AvgIpc) is 2.79. The second-order valence-electron chi connectivity index (χ2n) is 8.50. The molecule has 2 aromatic carbocycles. The van der Waals surface area contributed by atoms with Gasteiger partial charge < -0.3 is 14.4 Å². The molecule has 0 saturated heterocycles. The Kier molecular flexibility index (Phi) is 5.41. The zero-order chi connectivity index (χ0) is 22.2. The van der Waals surface area contributed by atoms with Crippen LogP contribution in [0.2, 0.25) is 0 Å². The lowest BCUT2D eigenvalue weighted by Crippen LogP contribution is -2.38. The fourth-order valence-corrected chi connectivity index (χ4v) is 4.37. The van der Waals surface area contributed by atoms with E-state index in [2.05, 4.69) is 20.9 Å². The second kappa shape index (κ2) is 8.37. The molecular weight excluding hydrogens is 412 g/mol. The Morgan fingerprint density at radius 2 is 1.94 bits per heavy atom. The molecule has 5 rings (SSSR count). The van der Waals surface area contributed by atoms with Crippen LogP contribution in [0.1, 0.15) is 37.2 Å². The van der Waals surface area contributed by atoms with Gasteiger partial charge in [0, 0.05) is 18.0 Å². The summed E-state index contributed by atoms with van der Waals surface area (Å²) in [7, 11) is 0. The van der Waals surface area contributed by atoms with Crippen molar-refractivity contribution in [3.63, 3.8) is 0 Å². The van der Waals surface area contributed by atoms with Gasteiger partial charge in [-0.1, -0.05) is 12.1 Å². The summed E-state index contributed by atoms with van der Waals surface area (Å²) < 4.78 is 40.8. The van der Waals surface area contributed by atoms with Gasteiger partial charge in [-0.15, -0.1) is 0 Å². The van der Waals surface area contributed by atoms with Crippen LogP contribution < -0.4 is 14.4 Å². The summed E-state index contributed by atoms with van der Waals surface area (Å²) in [6, 6.07) is 9.24. The molecule has 0 aliphatic carbocycles. The topological polar surface area (TPSA) is 47.5 Å². The number of hydrogen-bond donors (Lipinski definition) is 0. The number of halogens is 2. The van der Waals surface area contributed by atoms with E-state index in [1.54, 1.807) is 6.07 Å². The molecule has 0 unspecified atom stereocenters. The van der Waals surface area contributed by atoms with Gasteiger partial charge >= 0.3 is 0 Å². The SMILES string of the molecule is CC(C)N1CCOc2c(F)cc(-c3nc(Cc4ccc5c(c4)CCCO5)ncc3F)cc21. The monoisotopic (exact) mass is 437 g/mol. The van der Waals surface area contributed by atoms with Crippen LogP contribution in [0.4, 0.5) is 14.5 Å². The van der Waals surface area contributed by atoms with Crippen LogP contribution in [-0.4, -0.2) is 35.8 Å². The molecule has 32 heavy (non-hydrogen) atoms. The first-order valence-electron chi connectivity index (χ1n) is 11.0. The maximum atomic E-state index is 14.9. The van der Waals surface area contributed by atoms with E-state index in [1.807, 2.05) is 26.0 Å². The van der Waals surface area contributed by atoms with Gasteiger partial charge in [0.25, 0.3) is 0 Å². The van der Waals surface area contributed by atoms with Crippen molar-refractivity contribution in [2.24, 2.45) is 0 Å². The third-order valence-electron chi connectivity index (χ3n) is 5.94. The van der Waals surface area contributed by atoms with E-state index in [1.165, 1.54) is 11.6 Å². The molecule has 0 saturated carbocycles. The predicted octanol–water partition coefficient (Wildman–Crippen LogP) is 4.94. The van der Waals surface area contributed by atoms with Crippen LogP contribution in [0.25, 0.3) is 11.3 Å². The number of ether oxygens (including phenoxy) is 2. The first-order valence-corrected chi connectivity index (χ1v) is 11.0. The Morgan fingerprint density at radius 3 is 2.78 bits per heavy atom. The van der Waals surface area contributed by atoms with E-state index in [0.717, 1.165) is 37.0 Å². The molecule has 1 aromatic heterocycles. The highest BCUT2D eigenvalue weighted by Crippen LogP contribution is 2.39. The average molecular weight is 437 g/mol. The minimum Gasteiger partial charge on any atom is -0.493 e. The van der Waals surface area contributed by atoms with Crippen LogP contribution in [0, 0.1) is 11.6 Å². The quantitative estimate of drug-likeness (QED) is 0.578. The van der Waals surface area contributed by atoms with Crippen molar-refractivity contribution in [1.82, 2.24) is 9.97 Å². The smallest absolute Gasteiger partial charge is 0.178 e. The summed E-state index contributed by atoms with van der Waals surface area (Å²) in [6.07, 6.45) is 3.58. The van der Waals surface area contributed by atoms with Crippen molar-refractivity contribution in [3.8, 4) is 22.8 Å². The molecule has 0 bridgehead atoms. The lowest BCUT2D eigenvalue weighted by Gasteiger charge is -2.34. The zero-order valence-electron chi connectivity index (χ0n) is 18.2. The molecule has 2 aliphatic rings. The number of benzene rings is 2. The van der Waals surface area contributed by atoms with Crippen LogP contribution in [0.15, 0.2) is 36.5 Å². The maximum absolute atomic E-state index is 14.9. The highest BCUT2D eigenvalue weighted by atomic mass is 19.1. The molecule has 0 spiro atoms. The van der Waals surface area contributed by atoms with Gasteiger partial charge in [0.05, 0.1) is 25.0 Å². The third kappa shape index (κ3) is 3.87. The Bertz CT molecular complexity index is 1170. The molecule has 7 heteroatoms. The van der Waals surface area contributed by atoms with E-state index in [9.17, 15) is 8.78 Å². The molecule has 0 atom stereocenters. The summed E-state index contributed by atoms with van der Waals surface area (Å²) in [6.45, 7) is 5.87. The van der Waals surface area contributed by atoms with Gasteiger partial charge in [-0.3, -0.25) is 0 Å². The Labute approximate surface area is 186 Å². The van der Waals surface area contributed by atoms with Gasteiger partial charge in [-0.2, -0.15) is 0 Å². The highest BCUT2D eigenvalue weighted by molar-refractivity contribution is 5.72. The summed E-state index contributed by atoms with van der Waals surface area (Å²) in [5.74, 6) is 0.506. The number of anilines is 1. The Balaban J connectivity index is 1.49. The number of aryl methyl sites for hydroxylation is 1. The van der Waals surface area contributed by atoms with Gasteiger partial charge in [0.2, 0.25) is 0 Å². The summed E-state index contributed by atoms with van der Waals surface area (Å²) in [5.41, 5.74) is 3.28. The van der Waals surface area contributed by atoms with Crippen molar-refractivity contribution in [2.75, 3.05) is 24.7 Å². The Morgan fingerprint density at radius 1 is 1.06 bits per heavy atom. The molecule has 0 N–H and O–H groups in total. The van der Waals surface area contributed by atoms with Crippen molar-refractivity contribution in [3.05, 3.63) is 65.1 Å². The van der Waals surface area contributed by atoms with Gasteiger partial charge in [0.1, 0.15) is 23.9 Å². The first-order chi connectivity index (χ1) is 15.5. The largest absolute Gasteiger partial charge is 0.493 e. The first kappa shape index (κ1) is 20.7. The highest BCUT2D eigenvalue weighted by Gasteiger charge is 2.25. The fourth-order valence-electron chi connectivity index (χ4n) is 4.37. The van der Waals surface area contributed by atoms with Crippen LogP contribution >= 0.6 is 0 Å². The normalized spacial score (nSPS) is 15.1. The summed E-state index contributed by atoms with van der Waals surface area (Å²) in [5, 5.41) is 0. The standard InChI is InChI=1S/C25H25F2N3O2/c1-15(2)30-7-9-32-25-19(26)12-18(13-21(25)30)24-20(27)14-28-23(29-24)11-16-5-6-22-17(10-16)4-3-8-31-22/h5-6,10,12-15H,3-4,7-9,11H2,1-2H3. The maximum Gasteiger partial charge on any atom is 0.178 e. The molecule has 2 aliphatic heterocycles. The Hall–Kier alpha value is -3.22. The number of aromatic nitrogens is 2. The molecule has 3 aromatic rings. The number of fused-ring (bicyclic) bond motifs is 2. The number of rotatable bonds is 4. The van der Waals surface area contributed by atoms with Crippen molar-refractivity contribution >= 4 is 5.69 Å². The van der Waals surface area contributed by atoms with E-state index in [-0.39, 0.29) is 17.5 Å². The van der Waals surface area contributed by atoms with Gasteiger partial charge in [0.15, 0.2) is 17.4 Å². The molecule has 3 heterocycles. The van der Waals surface area contributed by atoms with E-state index in [4.69, 9.17) is 9.47 Å². The predicted molar refractivity (Wildman–Crippen MR) is 118 cm³/mol. The molecule has 0 fully saturated rings. The van der Waals surface area contributed by atoms with Crippen LogP contribution in [0.5, 0.6) is 11.5 Å². The van der Waals surface area contributed by atoms with Gasteiger partial charge in [-0.05, 0) is 56.0 Å². The van der Waals surface area contributed by atoms with Crippen molar-refractivity contribution in [2.45, 2.75) is 39.2 Å². The zero-order valence-corrected chi connectivity index (χ0v) is 18.2. The lowest BCUT2D eigenvalue weighted by molar-refractivity contribution is 0.287. The van der Waals surface area contributed by atoms with Crippen molar-refractivity contribution in [1.29, 1.82) is 0 Å². The van der Waals surface area contributed by atoms with E-state index >= 15 is 0 Å². The lowest BCUT2D eigenvalue weighted by atomic mass is 10.0. The van der Waals surface area contributed by atoms with Crippen LogP contribution in [0.3, 0.4) is 0 Å². The second-order valence-corrected chi connectivity index (χ2v) is 8.50. The van der Waals surface area contributed by atoms with Gasteiger partial charge in [-0.25, -0.2) is 18.7 Å². The molecule has 166 valence electrons. The minimum atomic E-state index is -0.584. The minimum absolute atomic E-state index is 0.0901. The summed E-state index contributed by atoms with van der Waals surface area (Å²) >= 11 is 0. The molecule has 0 radical (unpaired) electrons. The van der Waals surface area contributed by atoms with E-state index < -0.39 is 11.6 Å². The molecule has 0 amide bonds. The molecule has 5 nitrogen and oxygen atoms in total.